The molecule has 0 saturated heterocycles. The smallest absolute Gasteiger partial charge is 0.262 e. The fraction of sp³-hybridized carbons (Fsp3) is 0.235. The van der Waals surface area contributed by atoms with E-state index in [1.165, 1.54) is 27.8 Å². The zero-order valence-electron chi connectivity index (χ0n) is 13.0. The molecule has 1 aromatic carbocycles. The van der Waals surface area contributed by atoms with Gasteiger partial charge in [-0.15, -0.1) is 11.3 Å². The van der Waals surface area contributed by atoms with Crippen molar-refractivity contribution < 1.29 is 4.79 Å². The number of aromatic nitrogens is 2. The van der Waals surface area contributed by atoms with E-state index in [1.807, 2.05) is 37.4 Å². The van der Waals surface area contributed by atoms with Crippen molar-refractivity contribution in [2.75, 3.05) is 5.32 Å². The first-order chi connectivity index (χ1) is 11.0. The summed E-state index contributed by atoms with van der Waals surface area (Å²) in [6.07, 6.45) is 1.73. The molecule has 2 heterocycles. The van der Waals surface area contributed by atoms with Crippen molar-refractivity contribution in [3.8, 4) is 0 Å². The maximum absolute atomic E-state index is 12.2. The van der Waals surface area contributed by atoms with Crippen LogP contribution in [0.4, 0.5) is 5.69 Å². The average molecular weight is 327 g/mol. The summed E-state index contributed by atoms with van der Waals surface area (Å²) in [5.74, 6) is -0.120. The quantitative estimate of drug-likeness (QED) is 0.801. The molecule has 0 radical (unpaired) electrons. The summed E-state index contributed by atoms with van der Waals surface area (Å²) < 4.78 is 1.48. The Morgan fingerprint density at radius 3 is 2.87 bits per heavy atom. The highest BCUT2D eigenvalue weighted by Crippen LogP contribution is 2.15. The number of hydrogen-bond donors (Lipinski definition) is 1. The summed E-state index contributed by atoms with van der Waals surface area (Å²) in [6.45, 7) is 4.35. The minimum absolute atomic E-state index is 0.102. The van der Waals surface area contributed by atoms with Gasteiger partial charge in [-0.1, -0.05) is 6.07 Å². The predicted octanol–water partition coefficient (Wildman–Crippen LogP) is 3.10. The lowest BCUT2D eigenvalue weighted by Crippen LogP contribution is -2.23. The predicted molar refractivity (Wildman–Crippen MR) is 93.0 cm³/mol. The molecule has 0 spiro atoms. The number of carbonyl (C=O) groups excluding carboxylic acids is 1. The Bertz CT molecular complexity index is 927. The number of nitrogens with one attached hydrogen (secondary N) is 1. The van der Waals surface area contributed by atoms with Crippen molar-refractivity contribution in [2.24, 2.45) is 0 Å². The van der Waals surface area contributed by atoms with Gasteiger partial charge in [0.2, 0.25) is 5.91 Å². The number of carbonyl (C=O) groups is 1. The minimum atomic E-state index is -0.120. The second kappa shape index (κ2) is 6.34. The Hall–Kier alpha value is -2.47. The lowest BCUT2D eigenvalue weighted by Gasteiger charge is -2.08. The van der Waals surface area contributed by atoms with E-state index in [0.717, 1.165) is 16.1 Å². The molecular formula is C17H17N3O2S. The van der Waals surface area contributed by atoms with Gasteiger partial charge in [-0.2, -0.15) is 0 Å². The van der Waals surface area contributed by atoms with Crippen LogP contribution < -0.4 is 10.9 Å². The number of thiophene rings is 1. The number of nitrogens with zero attached hydrogens (tertiary/aromatic N) is 2. The molecule has 1 N–H and O–H groups in total. The highest BCUT2D eigenvalue weighted by atomic mass is 32.1. The molecular weight excluding hydrogens is 310 g/mol. The summed E-state index contributed by atoms with van der Waals surface area (Å²) in [4.78, 5) is 29.3. The summed E-state index contributed by atoms with van der Waals surface area (Å²) in [6, 6.07) is 7.56. The Kier molecular flexibility index (Phi) is 4.25. The molecule has 0 aliphatic heterocycles. The number of rotatable bonds is 4. The highest BCUT2D eigenvalue weighted by molar-refractivity contribution is 7.16. The van der Waals surface area contributed by atoms with E-state index in [2.05, 4.69) is 10.3 Å². The van der Waals surface area contributed by atoms with Gasteiger partial charge in [0.05, 0.1) is 11.7 Å². The van der Waals surface area contributed by atoms with E-state index in [9.17, 15) is 9.59 Å². The van der Waals surface area contributed by atoms with Crippen LogP contribution >= 0.6 is 11.3 Å². The molecule has 1 amide bonds. The molecule has 0 aliphatic rings. The van der Waals surface area contributed by atoms with Gasteiger partial charge in [-0.3, -0.25) is 14.2 Å². The van der Waals surface area contributed by atoms with Crippen molar-refractivity contribution in [1.29, 1.82) is 0 Å². The lowest BCUT2D eigenvalue weighted by atomic mass is 10.1. The summed E-state index contributed by atoms with van der Waals surface area (Å²) >= 11 is 1.44. The Labute approximate surface area is 137 Å². The lowest BCUT2D eigenvalue weighted by molar-refractivity contribution is -0.116. The van der Waals surface area contributed by atoms with Crippen LogP contribution in [0.2, 0.25) is 0 Å². The van der Waals surface area contributed by atoms with Crippen LogP contribution in [-0.4, -0.2) is 15.5 Å². The fourth-order valence-corrected chi connectivity index (χ4v) is 3.04. The zero-order valence-corrected chi connectivity index (χ0v) is 13.8. The Morgan fingerprint density at radius 2 is 2.09 bits per heavy atom. The highest BCUT2D eigenvalue weighted by Gasteiger charge is 2.08. The van der Waals surface area contributed by atoms with Crippen LogP contribution in [0.25, 0.3) is 10.2 Å². The van der Waals surface area contributed by atoms with E-state index in [4.69, 9.17) is 0 Å². The SMILES string of the molecule is Cc1ccc(NC(=O)CCn2cnc3sccc3c2=O)cc1C. The molecule has 118 valence electrons. The topological polar surface area (TPSA) is 64.0 Å². The van der Waals surface area contributed by atoms with Crippen molar-refractivity contribution in [2.45, 2.75) is 26.8 Å². The second-order valence-corrected chi connectivity index (χ2v) is 6.37. The van der Waals surface area contributed by atoms with Gasteiger partial charge in [-0.25, -0.2) is 4.98 Å². The molecule has 2 aromatic heterocycles. The Morgan fingerprint density at radius 1 is 1.26 bits per heavy atom. The van der Waals surface area contributed by atoms with Crippen molar-refractivity contribution in [1.82, 2.24) is 9.55 Å². The maximum atomic E-state index is 12.2. The van der Waals surface area contributed by atoms with Crippen LogP contribution in [-0.2, 0) is 11.3 Å². The van der Waals surface area contributed by atoms with Gasteiger partial charge >= 0.3 is 0 Å². The van der Waals surface area contributed by atoms with E-state index < -0.39 is 0 Å². The number of anilines is 1. The van der Waals surface area contributed by atoms with Crippen LogP contribution in [0.15, 0.2) is 40.8 Å². The molecule has 3 aromatic rings. The molecule has 0 atom stereocenters. The van der Waals surface area contributed by atoms with E-state index in [-0.39, 0.29) is 17.9 Å². The summed E-state index contributed by atoms with van der Waals surface area (Å²) in [7, 11) is 0. The van der Waals surface area contributed by atoms with Gasteiger partial charge in [0.15, 0.2) is 0 Å². The number of amides is 1. The third kappa shape index (κ3) is 3.32. The zero-order chi connectivity index (χ0) is 16.4. The third-order valence-electron chi connectivity index (χ3n) is 3.82. The van der Waals surface area contributed by atoms with Crippen molar-refractivity contribution in [3.05, 3.63) is 57.5 Å². The molecule has 3 rings (SSSR count). The van der Waals surface area contributed by atoms with Gasteiger partial charge in [0, 0.05) is 18.7 Å². The number of aryl methyl sites for hydroxylation is 3. The summed E-state index contributed by atoms with van der Waals surface area (Å²) in [5.41, 5.74) is 2.99. The monoisotopic (exact) mass is 327 g/mol. The minimum Gasteiger partial charge on any atom is -0.326 e. The standard InChI is InChI=1S/C17H17N3O2S/c1-11-3-4-13(9-12(11)2)19-15(21)5-7-20-10-18-16-14(17(20)22)6-8-23-16/h3-4,6,8-10H,5,7H2,1-2H3,(H,19,21). The van der Waals surface area contributed by atoms with Crippen LogP contribution in [0.1, 0.15) is 17.5 Å². The fourth-order valence-electron chi connectivity index (χ4n) is 2.32. The normalized spacial score (nSPS) is 10.9. The van der Waals surface area contributed by atoms with Gasteiger partial charge in [0.25, 0.3) is 5.56 Å². The molecule has 23 heavy (non-hydrogen) atoms. The molecule has 0 saturated carbocycles. The molecule has 0 bridgehead atoms. The van der Waals surface area contributed by atoms with Gasteiger partial charge in [-0.05, 0) is 48.6 Å². The number of benzene rings is 1. The molecule has 6 heteroatoms. The average Bonchev–Trinajstić information content (AvgIpc) is 3.00. The second-order valence-electron chi connectivity index (χ2n) is 5.48. The van der Waals surface area contributed by atoms with Crippen LogP contribution in [0.3, 0.4) is 0 Å². The number of hydrogen-bond acceptors (Lipinski definition) is 4. The first-order valence-electron chi connectivity index (χ1n) is 7.34. The van der Waals surface area contributed by atoms with Crippen molar-refractivity contribution in [3.63, 3.8) is 0 Å². The first-order valence-corrected chi connectivity index (χ1v) is 8.22. The van der Waals surface area contributed by atoms with Crippen molar-refractivity contribution >= 4 is 33.1 Å². The first kappa shape index (κ1) is 15.4. The largest absolute Gasteiger partial charge is 0.326 e. The molecule has 5 nitrogen and oxygen atoms in total. The maximum Gasteiger partial charge on any atom is 0.262 e. The molecule has 0 aliphatic carbocycles. The van der Waals surface area contributed by atoms with E-state index >= 15 is 0 Å². The van der Waals surface area contributed by atoms with Crippen LogP contribution in [0, 0.1) is 13.8 Å². The number of fused-ring (bicyclic) bond motifs is 1. The molecule has 0 fully saturated rings. The van der Waals surface area contributed by atoms with Crippen LogP contribution in [0.5, 0.6) is 0 Å². The Balaban J connectivity index is 1.67. The molecule has 0 unspecified atom stereocenters. The third-order valence-corrected chi connectivity index (χ3v) is 4.64. The van der Waals surface area contributed by atoms with E-state index in [1.54, 1.807) is 6.07 Å². The van der Waals surface area contributed by atoms with Gasteiger partial charge in [0.1, 0.15) is 4.83 Å². The van der Waals surface area contributed by atoms with E-state index in [0.29, 0.717) is 11.9 Å². The summed E-state index contributed by atoms with van der Waals surface area (Å²) in [5, 5.41) is 5.31. The van der Waals surface area contributed by atoms with Gasteiger partial charge < -0.3 is 5.32 Å².